The molecule has 2 heterocycles. The highest BCUT2D eigenvalue weighted by Gasteiger charge is 2.30. The molecule has 1 fully saturated rings. The van der Waals surface area contributed by atoms with Gasteiger partial charge in [0.1, 0.15) is 5.82 Å². The predicted molar refractivity (Wildman–Crippen MR) is 103 cm³/mol. The quantitative estimate of drug-likeness (QED) is 0.677. The van der Waals surface area contributed by atoms with Gasteiger partial charge in [0.2, 0.25) is 0 Å². The highest BCUT2D eigenvalue weighted by Crippen LogP contribution is 2.29. The smallest absolute Gasteiger partial charge is 0.319 e. The van der Waals surface area contributed by atoms with Crippen LogP contribution < -0.4 is 10.6 Å². The summed E-state index contributed by atoms with van der Waals surface area (Å²) in [6, 6.07) is 17.7. The first-order valence-corrected chi connectivity index (χ1v) is 8.96. The van der Waals surface area contributed by atoms with Gasteiger partial charge < -0.3 is 15.6 Å². The third kappa shape index (κ3) is 3.55. The molecule has 1 aliphatic heterocycles. The summed E-state index contributed by atoms with van der Waals surface area (Å²) < 4.78 is 0. The summed E-state index contributed by atoms with van der Waals surface area (Å²) in [6.07, 6.45) is 1.76. The van der Waals surface area contributed by atoms with E-state index in [2.05, 4.69) is 27.6 Å². The summed E-state index contributed by atoms with van der Waals surface area (Å²) in [5.41, 5.74) is 2.83. The molecule has 0 bridgehead atoms. The third-order valence-electron chi connectivity index (χ3n) is 4.96. The Bertz CT molecular complexity index is 858. The van der Waals surface area contributed by atoms with Gasteiger partial charge in [0.05, 0.1) is 17.1 Å². The fourth-order valence-corrected chi connectivity index (χ4v) is 3.54. The number of nitrogens with one attached hydrogen (secondary N) is 3. The molecule has 2 aromatic carbocycles. The first kappa shape index (κ1) is 16.6. The number of carbonyl (C=O) groups excluding carboxylic acids is 1. The molecule has 1 aromatic heterocycles. The highest BCUT2D eigenvalue weighted by molar-refractivity contribution is 5.89. The second-order valence-corrected chi connectivity index (χ2v) is 6.82. The van der Waals surface area contributed by atoms with Crippen molar-refractivity contribution in [2.75, 3.05) is 18.9 Å². The number of aromatic nitrogens is 2. The average molecular weight is 349 g/mol. The second kappa shape index (κ2) is 7.17. The van der Waals surface area contributed by atoms with E-state index in [4.69, 9.17) is 4.98 Å². The molecule has 2 amide bonds. The van der Waals surface area contributed by atoms with Gasteiger partial charge in [0.15, 0.2) is 0 Å². The summed E-state index contributed by atoms with van der Waals surface area (Å²) >= 11 is 0. The van der Waals surface area contributed by atoms with Gasteiger partial charge in [-0.2, -0.15) is 0 Å². The van der Waals surface area contributed by atoms with Crippen LogP contribution in [0.25, 0.3) is 11.0 Å². The van der Waals surface area contributed by atoms with Crippen molar-refractivity contribution in [2.24, 2.45) is 0 Å². The van der Waals surface area contributed by atoms with E-state index in [9.17, 15) is 4.79 Å². The van der Waals surface area contributed by atoms with Crippen LogP contribution in [-0.2, 0) is 0 Å². The lowest BCUT2D eigenvalue weighted by atomic mass is 9.97. The molecule has 0 saturated carbocycles. The number of carbonyl (C=O) groups is 1. The van der Waals surface area contributed by atoms with Crippen molar-refractivity contribution in [1.29, 1.82) is 0 Å². The van der Waals surface area contributed by atoms with Crippen LogP contribution in [0, 0.1) is 0 Å². The number of aromatic amines is 1. The summed E-state index contributed by atoms with van der Waals surface area (Å²) in [5.74, 6) is 0.962. The number of rotatable bonds is 3. The number of anilines is 1. The first-order chi connectivity index (χ1) is 12.7. The number of hydrogen-bond acceptors (Lipinski definition) is 3. The number of para-hydroxylation sites is 3. The molecule has 3 N–H and O–H groups in total. The number of likely N-dealkylation sites (tertiary alicyclic amines) is 1. The Morgan fingerprint density at radius 2 is 1.92 bits per heavy atom. The Kier molecular flexibility index (Phi) is 4.58. The molecule has 4 rings (SSSR count). The lowest BCUT2D eigenvalue weighted by Gasteiger charge is -2.36. The Morgan fingerprint density at radius 1 is 1.15 bits per heavy atom. The van der Waals surface area contributed by atoms with Gasteiger partial charge in [-0.05, 0) is 44.2 Å². The normalized spacial score (nSPS) is 20.8. The molecule has 26 heavy (non-hydrogen) atoms. The van der Waals surface area contributed by atoms with Gasteiger partial charge in [-0.25, -0.2) is 9.78 Å². The van der Waals surface area contributed by atoms with Crippen molar-refractivity contribution in [2.45, 2.75) is 24.9 Å². The van der Waals surface area contributed by atoms with Crippen LogP contribution in [0.1, 0.15) is 24.7 Å². The summed E-state index contributed by atoms with van der Waals surface area (Å²) in [6.45, 7) is 0.915. The van der Waals surface area contributed by atoms with Crippen molar-refractivity contribution in [3.05, 3.63) is 60.4 Å². The zero-order chi connectivity index (χ0) is 17.9. The van der Waals surface area contributed by atoms with Crippen LogP contribution >= 0.6 is 0 Å². The van der Waals surface area contributed by atoms with Crippen molar-refractivity contribution < 1.29 is 4.79 Å². The largest absolute Gasteiger partial charge is 0.341 e. The molecular weight excluding hydrogens is 326 g/mol. The number of nitrogens with zero attached hydrogens (tertiary/aromatic N) is 2. The molecule has 2 atom stereocenters. The Labute approximate surface area is 152 Å². The van der Waals surface area contributed by atoms with E-state index in [1.807, 2.05) is 54.6 Å². The molecule has 134 valence electrons. The zero-order valence-corrected chi connectivity index (χ0v) is 14.8. The molecule has 0 aliphatic carbocycles. The predicted octanol–water partition coefficient (Wildman–Crippen LogP) is 3.52. The van der Waals surface area contributed by atoms with Crippen LogP contribution in [0.2, 0.25) is 0 Å². The van der Waals surface area contributed by atoms with E-state index in [0.717, 1.165) is 41.9 Å². The standard InChI is InChI=1S/C20H23N5O/c1-25-12-11-15(22-20(26)21-14-7-3-2-4-8-14)13-18(25)19-23-16-9-5-6-10-17(16)24-19/h2-10,15,18H,11-13H2,1H3,(H,23,24)(H2,21,22,26)/t15?,18-/m1/s1. The number of benzene rings is 2. The van der Waals surface area contributed by atoms with E-state index >= 15 is 0 Å². The highest BCUT2D eigenvalue weighted by atomic mass is 16.2. The van der Waals surface area contributed by atoms with Gasteiger partial charge in [-0.3, -0.25) is 4.90 Å². The Morgan fingerprint density at radius 3 is 2.73 bits per heavy atom. The topological polar surface area (TPSA) is 73.1 Å². The van der Waals surface area contributed by atoms with Crippen molar-refractivity contribution in [3.8, 4) is 0 Å². The zero-order valence-electron chi connectivity index (χ0n) is 14.8. The van der Waals surface area contributed by atoms with Crippen LogP contribution in [0.5, 0.6) is 0 Å². The number of urea groups is 1. The summed E-state index contributed by atoms with van der Waals surface area (Å²) in [4.78, 5) is 22.8. The van der Waals surface area contributed by atoms with Gasteiger partial charge >= 0.3 is 6.03 Å². The fraction of sp³-hybridized carbons (Fsp3) is 0.300. The molecule has 3 aromatic rings. The van der Waals surface area contributed by atoms with Crippen LogP contribution in [0.15, 0.2) is 54.6 Å². The molecule has 0 radical (unpaired) electrons. The third-order valence-corrected chi connectivity index (χ3v) is 4.96. The maximum Gasteiger partial charge on any atom is 0.319 e. The monoisotopic (exact) mass is 349 g/mol. The van der Waals surface area contributed by atoms with E-state index in [1.54, 1.807) is 0 Å². The van der Waals surface area contributed by atoms with E-state index < -0.39 is 0 Å². The average Bonchev–Trinajstić information content (AvgIpc) is 3.08. The molecule has 1 unspecified atom stereocenters. The van der Waals surface area contributed by atoms with Crippen molar-refractivity contribution in [1.82, 2.24) is 20.2 Å². The van der Waals surface area contributed by atoms with Crippen LogP contribution in [0.4, 0.5) is 10.5 Å². The number of fused-ring (bicyclic) bond motifs is 1. The number of piperidine rings is 1. The number of amides is 2. The maximum atomic E-state index is 12.3. The molecule has 6 nitrogen and oxygen atoms in total. The van der Waals surface area contributed by atoms with Crippen molar-refractivity contribution >= 4 is 22.8 Å². The lowest BCUT2D eigenvalue weighted by Crippen LogP contribution is -2.46. The number of hydrogen-bond donors (Lipinski definition) is 3. The van der Waals surface area contributed by atoms with Crippen molar-refractivity contribution in [3.63, 3.8) is 0 Å². The molecular formula is C20H23N5O. The SMILES string of the molecule is CN1CCC(NC(=O)Nc2ccccc2)C[C@@H]1c1nc2ccccc2[nH]1. The van der Waals surface area contributed by atoms with E-state index in [0.29, 0.717) is 0 Å². The minimum atomic E-state index is -0.158. The minimum Gasteiger partial charge on any atom is -0.341 e. The minimum absolute atomic E-state index is 0.119. The fourth-order valence-electron chi connectivity index (χ4n) is 3.54. The Hall–Kier alpha value is -2.86. The van der Waals surface area contributed by atoms with Gasteiger partial charge in [-0.1, -0.05) is 30.3 Å². The number of imidazole rings is 1. The van der Waals surface area contributed by atoms with E-state index in [-0.39, 0.29) is 18.1 Å². The second-order valence-electron chi connectivity index (χ2n) is 6.82. The molecule has 0 spiro atoms. The van der Waals surface area contributed by atoms with Gasteiger partial charge in [0.25, 0.3) is 0 Å². The van der Waals surface area contributed by atoms with Gasteiger partial charge in [-0.15, -0.1) is 0 Å². The molecule has 6 heteroatoms. The lowest BCUT2D eigenvalue weighted by molar-refractivity contribution is 0.153. The first-order valence-electron chi connectivity index (χ1n) is 8.96. The van der Waals surface area contributed by atoms with Crippen LogP contribution in [-0.4, -0.2) is 40.5 Å². The summed E-state index contributed by atoms with van der Waals surface area (Å²) in [5, 5.41) is 5.99. The summed E-state index contributed by atoms with van der Waals surface area (Å²) in [7, 11) is 2.11. The molecule has 1 aliphatic rings. The number of H-pyrrole nitrogens is 1. The van der Waals surface area contributed by atoms with Gasteiger partial charge in [0, 0.05) is 18.3 Å². The molecule has 1 saturated heterocycles. The van der Waals surface area contributed by atoms with Crippen LogP contribution in [0.3, 0.4) is 0 Å². The Balaban J connectivity index is 1.43. The maximum absolute atomic E-state index is 12.3. The van der Waals surface area contributed by atoms with E-state index in [1.165, 1.54) is 0 Å².